The second kappa shape index (κ2) is 8.02. The van der Waals surface area contributed by atoms with Gasteiger partial charge in [-0.1, -0.05) is 0 Å². The molecular weight excluding hydrogens is 430 g/mol. The van der Waals surface area contributed by atoms with Crippen LogP contribution in [0.5, 0.6) is 5.75 Å². The zero-order valence-electron chi connectivity index (χ0n) is 20.1. The highest BCUT2D eigenvalue weighted by Gasteiger charge is 2.39. The van der Waals surface area contributed by atoms with E-state index in [2.05, 4.69) is 56.3 Å². The molecule has 9 heteroatoms. The summed E-state index contributed by atoms with van der Waals surface area (Å²) in [7, 11) is 0. The molecule has 0 unspecified atom stereocenters. The molecule has 0 amide bonds. The van der Waals surface area contributed by atoms with Crippen molar-refractivity contribution in [1.29, 1.82) is 0 Å². The number of benzene rings is 1. The van der Waals surface area contributed by atoms with Crippen molar-refractivity contribution >= 4 is 12.2 Å². The van der Waals surface area contributed by atoms with Gasteiger partial charge < -0.3 is 10.1 Å². The van der Waals surface area contributed by atoms with E-state index in [1.807, 2.05) is 22.7 Å². The lowest BCUT2D eigenvalue weighted by Gasteiger charge is -2.46. The molecule has 0 bridgehead atoms. The lowest BCUT2D eigenvalue weighted by molar-refractivity contribution is -0.120. The molecule has 1 aliphatic rings. The van der Waals surface area contributed by atoms with Crippen molar-refractivity contribution in [2.45, 2.75) is 64.5 Å². The number of carbonyl (C=O) groups excluding carboxylic acids is 1. The third kappa shape index (κ3) is 4.19. The molecule has 1 aromatic carbocycles. The molecule has 4 heterocycles. The highest BCUT2D eigenvalue weighted by atomic mass is 16.5. The Morgan fingerprint density at radius 1 is 1.06 bits per heavy atom. The summed E-state index contributed by atoms with van der Waals surface area (Å²) in [4.78, 5) is 22.4. The van der Waals surface area contributed by atoms with Gasteiger partial charge in [0.2, 0.25) is 5.78 Å². The minimum atomic E-state index is 0.0273. The maximum atomic E-state index is 11.2. The zero-order valence-corrected chi connectivity index (χ0v) is 20.1. The summed E-state index contributed by atoms with van der Waals surface area (Å²) in [5, 5.41) is 12.0. The first-order valence-corrected chi connectivity index (χ1v) is 11.4. The number of rotatable bonds is 5. The number of fused-ring (bicyclic) bond motifs is 1. The van der Waals surface area contributed by atoms with Gasteiger partial charge in [-0.2, -0.15) is 15.0 Å². The van der Waals surface area contributed by atoms with Crippen LogP contribution >= 0.6 is 0 Å². The van der Waals surface area contributed by atoms with Crippen molar-refractivity contribution in [3.05, 3.63) is 54.2 Å². The van der Waals surface area contributed by atoms with Crippen molar-refractivity contribution in [2.75, 3.05) is 0 Å². The fourth-order valence-corrected chi connectivity index (χ4v) is 5.44. The van der Waals surface area contributed by atoms with Gasteiger partial charge in [-0.3, -0.25) is 9.20 Å². The normalized spacial score (nSPS) is 17.7. The van der Waals surface area contributed by atoms with Gasteiger partial charge in [0.15, 0.2) is 0 Å². The molecular formula is C25H29N7O2. The lowest BCUT2D eigenvalue weighted by atomic mass is 9.74. The summed E-state index contributed by atoms with van der Waals surface area (Å²) >= 11 is 0. The van der Waals surface area contributed by atoms with E-state index in [0.717, 1.165) is 24.1 Å². The number of hydrogen-bond acceptors (Lipinski definition) is 7. The largest absolute Gasteiger partial charge is 0.428 e. The third-order valence-corrected chi connectivity index (χ3v) is 6.31. The number of hydrogen-bond donors (Lipinski definition) is 1. The Morgan fingerprint density at radius 2 is 1.76 bits per heavy atom. The summed E-state index contributed by atoms with van der Waals surface area (Å²) in [6, 6.07) is 5.43. The van der Waals surface area contributed by atoms with E-state index in [0.29, 0.717) is 40.9 Å². The van der Waals surface area contributed by atoms with Crippen LogP contribution in [0, 0.1) is 6.92 Å². The lowest BCUT2D eigenvalue weighted by Crippen LogP contribution is -2.57. The molecule has 176 valence electrons. The van der Waals surface area contributed by atoms with Crippen molar-refractivity contribution in [3.8, 4) is 22.7 Å². The van der Waals surface area contributed by atoms with E-state index in [1.165, 1.54) is 4.80 Å². The minimum absolute atomic E-state index is 0.0273. The molecule has 5 rings (SSSR count). The van der Waals surface area contributed by atoms with Gasteiger partial charge in [0, 0.05) is 41.0 Å². The van der Waals surface area contributed by atoms with Crippen LogP contribution in [0.25, 0.3) is 22.7 Å². The molecule has 1 N–H and O–H groups in total. The first-order valence-electron chi connectivity index (χ1n) is 11.4. The number of imidazole rings is 1. The van der Waals surface area contributed by atoms with Crippen molar-refractivity contribution in [3.63, 3.8) is 0 Å². The van der Waals surface area contributed by atoms with Gasteiger partial charge in [-0.25, -0.2) is 9.97 Å². The fourth-order valence-electron chi connectivity index (χ4n) is 5.44. The fraction of sp³-hybridized carbons (Fsp3) is 0.400. The summed E-state index contributed by atoms with van der Waals surface area (Å²) in [6.45, 7) is 11.5. The minimum Gasteiger partial charge on any atom is -0.428 e. The highest BCUT2D eigenvalue weighted by Crippen LogP contribution is 2.40. The van der Waals surface area contributed by atoms with Gasteiger partial charge in [0.1, 0.15) is 5.75 Å². The molecule has 0 atom stereocenters. The highest BCUT2D eigenvalue weighted by molar-refractivity contribution is 5.72. The molecule has 1 saturated heterocycles. The van der Waals surface area contributed by atoms with E-state index in [4.69, 9.17) is 14.7 Å². The second-order valence-electron chi connectivity index (χ2n) is 10.4. The Morgan fingerprint density at radius 3 is 2.44 bits per heavy atom. The van der Waals surface area contributed by atoms with Crippen molar-refractivity contribution in [1.82, 2.24) is 34.7 Å². The molecule has 0 radical (unpaired) electrons. The van der Waals surface area contributed by atoms with Crippen LogP contribution in [0.4, 0.5) is 0 Å². The Labute approximate surface area is 198 Å². The van der Waals surface area contributed by atoms with E-state index < -0.39 is 0 Å². The second-order valence-corrected chi connectivity index (χ2v) is 10.4. The van der Waals surface area contributed by atoms with Crippen molar-refractivity contribution in [2.24, 2.45) is 0 Å². The Balaban J connectivity index is 1.55. The molecule has 0 saturated carbocycles. The third-order valence-electron chi connectivity index (χ3n) is 6.31. The number of piperidine rings is 1. The van der Waals surface area contributed by atoms with Gasteiger partial charge >= 0.3 is 0 Å². The first kappa shape index (κ1) is 22.2. The maximum absolute atomic E-state index is 11.2. The van der Waals surface area contributed by atoms with Crippen molar-refractivity contribution < 1.29 is 9.53 Å². The number of nitrogens with one attached hydrogen (secondary N) is 1. The number of aryl methyl sites for hydroxylation is 1. The smallest absolute Gasteiger partial charge is 0.298 e. The summed E-state index contributed by atoms with van der Waals surface area (Å²) in [5.41, 5.74) is 4.33. The molecule has 0 aliphatic carbocycles. The SMILES string of the molecule is Cc1cn2cc(-c3ccc(-n4nccn4)cc3OC=O)nc2nc1C1CC(C)(C)NC(C)(C)C1. The van der Waals surface area contributed by atoms with Crippen LogP contribution in [-0.4, -0.2) is 46.9 Å². The van der Waals surface area contributed by atoms with Crippen LogP contribution in [-0.2, 0) is 4.79 Å². The van der Waals surface area contributed by atoms with Crippen LogP contribution in [0.2, 0.25) is 0 Å². The predicted octanol–water partition coefficient (Wildman–Crippen LogP) is 3.84. The molecule has 4 aromatic rings. The van der Waals surface area contributed by atoms with E-state index in [9.17, 15) is 4.79 Å². The molecule has 9 nitrogen and oxygen atoms in total. The Hall–Kier alpha value is -3.59. The van der Waals surface area contributed by atoms with Crippen LogP contribution in [0.3, 0.4) is 0 Å². The van der Waals surface area contributed by atoms with E-state index in [-0.39, 0.29) is 11.1 Å². The average molecular weight is 460 g/mol. The first-order chi connectivity index (χ1) is 16.1. The summed E-state index contributed by atoms with van der Waals surface area (Å²) < 4.78 is 7.22. The van der Waals surface area contributed by atoms with Gasteiger partial charge in [0.25, 0.3) is 6.47 Å². The van der Waals surface area contributed by atoms with Gasteiger partial charge in [-0.05, 0) is 65.2 Å². The maximum Gasteiger partial charge on any atom is 0.298 e. The number of ether oxygens (including phenoxy) is 1. The number of nitrogens with zero attached hydrogens (tertiary/aromatic N) is 6. The van der Waals surface area contributed by atoms with Crippen LogP contribution in [0.15, 0.2) is 43.0 Å². The Kier molecular flexibility index (Phi) is 5.24. The molecule has 3 aromatic heterocycles. The molecule has 1 aliphatic heterocycles. The summed E-state index contributed by atoms with van der Waals surface area (Å²) in [6.07, 6.45) is 9.19. The summed E-state index contributed by atoms with van der Waals surface area (Å²) in [5.74, 6) is 1.35. The monoisotopic (exact) mass is 459 g/mol. The van der Waals surface area contributed by atoms with Gasteiger partial charge in [0.05, 0.1) is 29.5 Å². The molecule has 0 spiro atoms. The van der Waals surface area contributed by atoms with Gasteiger partial charge in [-0.15, -0.1) is 0 Å². The number of carbonyl (C=O) groups is 1. The average Bonchev–Trinajstić information content (AvgIpc) is 3.41. The standard InChI is InChI=1S/C25H29N7O2/c1-16-13-31-14-20(19-7-6-18(10-21(19)34-15-33)32-26-8-9-27-32)28-23(31)29-22(16)17-11-24(2,3)30-25(4,5)12-17/h6-10,13-15,17,30H,11-12H2,1-5H3. The number of aromatic nitrogens is 6. The molecule has 1 fully saturated rings. The topological polar surface area (TPSA) is 99.2 Å². The van der Waals surface area contributed by atoms with Crippen LogP contribution in [0.1, 0.15) is 57.7 Å². The zero-order chi connectivity index (χ0) is 24.1. The Bertz CT molecular complexity index is 1340. The van der Waals surface area contributed by atoms with Crippen LogP contribution < -0.4 is 10.1 Å². The molecule has 34 heavy (non-hydrogen) atoms. The predicted molar refractivity (Wildman–Crippen MR) is 128 cm³/mol. The van der Waals surface area contributed by atoms with E-state index >= 15 is 0 Å². The quantitative estimate of drug-likeness (QED) is 0.453. The van der Waals surface area contributed by atoms with E-state index in [1.54, 1.807) is 18.5 Å².